The van der Waals surface area contributed by atoms with E-state index in [0.717, 1.165) is 35.4 Å². The predicted molar refractivity (Wildman–Crippen MR) is 82.5 cm³/mol. The van der Waals surface area contributed by atoms with Gasteiger partial charge in [0.05, 0.1) is 5.41 Å². The minimum Gasteiger partial charge on any atom is -0.356 e. The molecule has 1 aliphatic heterocycles. The van der Waals surface area contributed by atoms with Crippen LogP contribution in [-0.4, -0.2) is 29.0 Å². The highest BCUT2D eigenvalue weighted by Crippen LogP contribution is 2.64. The normalized spacial score (nSPS) is 26.6. The van der Waals surface area contributed by atoms with Crippen LogP contribution in [0.2, 0.25) is 0 Å². The number of halogens is 2. The quantitative estimate of drug-likeness (QED) is 0.801. The van der Waals surface area contributed by atoms with Crippen LogP contribution in [0.25, 0.3) is 11.0 Å². The molecule has 5 heteroatoms. The van der Waals surface area contributed by atoms with Gasteiger partial charge in [0.2, 0.25) is 0 Å². The summed E-state index contributed by atoms with van der Waals surface area (Å²) in [5.74, 6) is -1.72. The second-order valence-electron chi connectivity index (χ2n) is 6.81. The first-order valence-corrected chi connectivity index (χ1v) is 7.78. The predicted octanol–water partition coefficient (Wildman–Crippen LogP) is 3.87. The molecule has 1 saturated carbocycles. The van der Waals surface area contributed by atoms with Crippen molar-refractivity contribution in [1.29, 1.82) is 0 Å². The summed E-state index contributed by atoms with van der Waals surface area (Å²) in [6.07, 6.45) is 1.46. The molecule has 1 spiro atoms. The number of rotatable bonds is 1. The van der Waals surface area contributed by atoms with E-state index in [-0.39, 0.29) is 6.42 Å². The monoisotopic (exact) mass is 303 g/mol. The molecule has 2 aromatic heterocycles. The summed E-state index contributed by atoms with van der Waals surface area (Å²) in [7, 11) is 0. The second kappa shape index (κ2) is 4.37. The first kappa shape index (κ1) is 13.9. The molecule has 0 N–H and O–H groups in total. The lowest BCUT2D eigenvalue weighted by atomic mass is 9.94. The summed E-state index contributed by atoms with van der Waals surface area (Å²) >= 11 is 0. The lowest BCUT2D eigenvalue weighted by Crippen LogP contribution is -2.39. The fraction of sp³-hybridized carbons (Fsp3) is 0.529. The van der Waals surface area contributed by atoms with Gasteiger partial charge in [0.25, 0.3) is 5.92 Å². The average molecular weight is 303 g/mol. The number of pyridine rings is 2. The van der Waals surface area contributed by atoms with Crippen molar-refractivity contribution in [3.63, 3.8) is 0 Å². The molecule has 0 amide bonds. The Bertz CT molecular complexity index is 759. The third-order valence-corrected chi connectivity index (χ3v) is 5.11. The van der Waals surface area contributed by atoms with Crippen molar-refractivity contribution in [3.8, 4) is 0 Å². The van der Waals surface area contributed by atoms with Gasteiger partial charge in [-0.2, -0.15) is 0 Å². The van der Waals surface area contributed by atoms with Gasteiger partial charge in [-0.05, 0) is 50.5 Å². The average Bonchev–Trinajstić information content (AvgIpc) is 2.97. The molecule has 3 nitrogen and oxygen atoms in total. The van der Waals surface area contributed by atoms with Gasteiger partial charge in [-0.3, -0.25) is 0 Å². The summed E-state index contributed by atoms with van der Waals surface area (Å²) in [6.45, 7) is 5.19. The number of aromatic nitrogens is 2. The maximum atomic E-state index is 13.7. The van der Waals surface area contributed by atoms with Gasteiger partial charge in [0.1, 0.15) is 5.82 Å². The first-order valence-electron chi connectivity index (χ1n) is 7.78. The van der Waals surface area contributed by atoms with Gasteiger partial charge >= 0.3 is 0 Å². The first-order chi connectivity index (χ1) is 10.4. The van der Waals surface area contributed by atoms with Crippen molar-refractivity contribution in [1.82, 2.24) is 9.97 Å². The van der Waals surface area contributed by atoms with E-state index in [9.17, 15) is 8.78 Å². The highest BCUT2D eigenvalue weighted by Gasteiger charge is 2.71. The smallest absolute Gasteiger partial charge is 0.256 e. The van der Waals surface area contributed by atoms with Crippen LogP contribution in [0.3, 0.4) is 0 Å². The Morgan fingerprint density at radius 1 is 1.18 bits per heavy atom. The lowest BCUT2D eigenvalue weighted by Gasteiger charge is -2.34. The Morgan fingerprint density at radius 3 is 2.68 bits per heavy atom. The highest BCUT2D eigenvalue weighted by molar-refractivity contribution is 5.80. The van der Waals surface area contributed by atoms with E-state index < -0.39 is 11.3 Å². The third kappa shape index (κ3) is 1.98. The van der Waals surface area contributed by atoms with Crippen molar-refractivity contribution in [2.75, 3.05) is 18.0 Å². The SMILES string of the molecule is Cc1cc(C)c2ccc(N3CCCC4(C3)CC4(F)F)nc2n1. The number of nitrogens with zero attached hydrogens (tertiary/aromatic N) is 3. The van der Waals surface area contributed by atoms with Gasteiger partial charge in [-0.25, -0.2) is 18.7 Å². The van der Waals surface area contributed by atoms with Crippen molar-refractivity contribution >= 4 is 16.9 Å². The van der Waals surface area contributed by atoms with Crippen LogP contribution in [0.5, 0.6) is 0 Å². The van der Waals surface area contributed by atoms with Crippen LogP contribution >= 0.6 is 0 Å². The topological polar surface area (TPSA) is 29.0 Å². The van der Waals surface area contributed by atoms with Gasteiger partial charge in [0.15, 0.2) is 5.65 Å². The highest BCUT2D eigenvalue weighted by atomic mass is 19.3. The summed E-state index contributed by atoms with van der Waals surface area (Å²) in [5.41, 5.74) is 1.97. The molecule has 1 saturated heterocycles. The molecular formula is C17H19F2N3. The van der Waals surface area contributed by atoms with Crippen molar-refractivity contribution in [3.05, 3.63) is 29.5 Å². The number of fused-ring (bicyclic) bond motifs is 1. The molecule has 2 fully saturated rings. The molecule has 2 aliphatic rings. The molecule has 1 unspecified atom stereocenters. The molecular weight excluding hydrogens is 284 g/mol. The molecule has 0 aromatic carbocycles. The summed E-state index contributed by atoms with van der Waals surface area (Å²) in [6, 6.07) is 5.97. The van der Waals surface area contributed by atoms with Crippen LogP contribution in [-0.2, 0) is 0 Å². The second-order valence-corrected chi connectivity index (χ2v) is 6.81. The number of anilines is 1. The summed E-state index contributed by atoms with van der Waals surface area (Å²) in [4.78, 5) is 11.1. The number of aryl methyl sites for hydroxylation is 2. The molecule has 1 aliphatic carbocycles. The number of alkyl halides is 2. The standard InChI is InChI=1S/C17H19F2N3/c1-11-8-12(2)20-15-13(11)4-5-14(21-15)22-7-3-6-16(10-22)9-17(16,18)19/h4-5,8H,3,6-7,9-10H2,1-2H3. The lowest BCUT2D eigenvalue weighted by molar-refractivity contribution is 0.0575. The van der Waals surface area contributed by atoms with Crippen LogP contribution < -0.4 is 4.90 Å². The van der Waals surface area contributed by atoms with E-state index in [1.807, 2.05) is 36.9 Å². The van der Waals surface area contributed by atoms with Crippen LogP contribution in [0.1, 0.15) is 30.5 Å². The van der Waals surface area contributed by atoms with E-state index >= 15 is 0 Å². The van der Waals surface area contributed by atoms with Crippen LogP contribution in [0, 0.1) is 19.3 Å². The molecule has 0 bridgehead atoms. The Balaban J connectivity index is 1.69. The van der Waals surface area contributed by atoms with Crippen LogP contribution in [0.4, 0.5) is 14.6 Å². The van der Waals surface area contributed by atoms with E-state index in [4.69, 9.17) is 0 Å². The summed E-state index contributed by atoms with van der Waals surface area (Å²) < 4.78 is 27.3. The third-order valence-electron chi connectivity index (χ3n) is 5.11. The van der Waals surface area contributed by atoms with E-state index in [1.165, 1.54) is 0 Å². The Morgan fingerprint density at radius 2 is 1.95 bits per heavy atom. The van der Waals surface area contributed by atoms with E-state index in [2.05, 4.69) is 9.97 Å². The van der Waals surface area contributed by atoms with Gasteiger partial charge in [0, 0.05) is 30.6 Å². The zero-order chi connectivity index (χ0) is 15.5. The van der Waals surface area contributed by atoms with Crippen molar-refractivity contribution in [2.24, 2.45) is 5.41 Å². The Hall–Kier alpha value is -1.78. The zero-order valence-corrected chi connectivity index (χ0v) is 12.9. The minimum absolute atomic E-state index is 0.0283. The Kier molecular flexibility index (Phi) is 2.75. The molecule has 2 aromatic rings. The largest absolute Gasteiger partial charge is 0.356 e. The fourth-order valence-corrected chi connectivity index (χ4v) is 3.75. The molecule has 4 rings (SSSR count). The van der Waals surface area contributed by atoms with E-state index in [0.29, 0.717) is 18.6 Å². The Labute approximate surface area is 128 Å². The van der Waals surface area contributed by atoms with Gasteiger partial charge in [-0.15, -0.1) is 0 Å². The maximum Gasteiger partial charge on any atom is 0.256 e. The van der Waals surface area contributed by atoms with Crippen molar-refractivity contribution < 1.29 is 8.78 Å². The van der Waals surface area contributed by atoms with Gasteiger partial charge < -0.3 is 4.90 Å². The van der Waals surface area contributed by atoms with Gasteiger partial charge in [-0.1, -0.05) is 0 Å². The molecule has 116 valence electrons. The molecule has 3 heterocycles. The van der Waals surface area contributed by atoms with Crippen molar-refractivity contribution in [2.45, 2.75) is 39.0 Å². The maximum absolute atomic E-state index is 13.7. The number of hydrogen-bond donors (Lipinski definition) is 0. The molecule has 22 heavy (non-hydrogen) atoms. The minimum atomic E-state index is -2.49. The number of piperidine rings is 1. The van der Waals surface area contributed by atoms with Crippen LogP contribution in [0.15, 0.2) is 18.2 Å². The zero-order valence-electron chi connectivity index (χ0n) is 12.9. The number of hydrogen-bond acceptors (Lipinski definition) is 3. The molecule has 1 atom stereocenters. The van der Waals surface area contributed by atoms with E-state index in [1.54, 1.807) is 0 Å². The summed E-state index contributed by atoms with van der Waals surface area (Å²) in [5, 5.41) is 1.03. The fourth-order valence-electron chi connectivity index (χ4n) is 3.75. The molecule has 0 radical (unpaired) electrons.